The van der Waals surface area contributed by atoms with Gasteiger partial charge in [0.2, 0.25) is 0 Å². The first kappa shape index (κ1) is 24.5. The van der Waals surface area contributed by atoms with Gasteiger partial charge in [0.1, 0.15) is 6.61 Å². The van der Waals surface area contributed by atoms with E-state index in [9.17, 15) is 4.79 Å². The highest BCUT2D eigenvalue weighted by Crippen LogP contribution is 2.39. The van der Waals surface area contributed by atoms with Gasteiger partial charge in [0.05, 0.1) is 22.2 Å². The van der Waals surface area contributed by atoms with Crippen LogP contribution in [0.5, 0.6) is 11.5 Å². The van der Waals surface area contributed by atoms with Gasteiger partial charge in [-0.2, -0.15) is 0 Å². The average molecular weight is 534 g/mol. The fourth-order valence-corrected chi connectivity index (χ4v) is 4.44. The first-order valence-electron chi connectivity index (χ1n) is 10.3. The van der Waals surface area contributed by atoms with E-state index >= 15 is 0 Å². The van der Waals surface area contributed by atoms with Crippen LogP contribution in [0.15, 0.2) is 70.6 Å². The molecule has 0 atom stereocenters. The lowest BCUT2D eigenvalue weighted by Gasteiger charge is -2.15. The maximum Gasteiger partial charge on any atom is 0.264 e. The highest BCUT2D eigenvalue weighted by molar-refractivity contribution is 8.18. The summed E-state index contributed by atoms with van der Waals surface area (Å²) in [6, 6.07) is 17.9. The zero-order valence-corrected chi connectivity index (χ0v) is 21.1. The molecule has 5 nitrogen and oxygen atoms in total. The molecule has 174 valence electrons. The van der Waals surface area contributed by atoms with Crippen molar-refractivity contribution in [2.75, 3.05) is 6.61 Å². The smallest absolute Gasteiger partial charge is 0.264 e. The van der Waals surface area contributed by atoms with Gasteiger partial charge in [0, 0.05) is 10.0 Å². The zero-order chi connectivity index (χ0) is 24.1. The Labute approximate surface area is 216 Å². The molecule has 4 rings (SSSR count). The lowest BCUT2D eigenvalue weighted by molar-refractivity contribution is -0.115. The Hall–Kier alpha value is -2.64. The highest BCUT2D eigenvalue weighted by Gasteiger charge is 2.24. The number of aliphatic imine (C=N–C) groups is 1. The number of benzene rings is 3. The maximum absolute atomic E-state index is 12.5. The summed E-state index contributed by atoms with van der Waals surface area (Å²) in [6.07, 6.45) is 1.74. The molecule has 1 heterocycles. The van der Waals surface area contributed by atoms with Gasteiger partial charge < -0.3 is 14.8 Å². The van der Waals surface area contributed by atoms with Crippen LogP contribution in [0.4, 0.5) is 5.69 Å². The van der Waals surface area contributed by atoms with E-state index in [1.54, 1.807) is 54.6 Å². The number of amides is 1. The van der Waals surface area contributed by atoms with Crippen molar-refractivity contribution in [3.05, 3.63) is 91.8 Å². The number of hydrogen-bond donors (Lipinski definition) is 1. The Morgan fingerprint density at radius 2 is 1.65 bits per heavy atom. The van der Waals surface area contributed by atoms with Crippen LogP contribution in [0.1, 0.15) is 18.1 Å². The number of hydrogen-bond acceptors (Lipinski definition) is 5. The van der Waals surface area contributed by atoms with Gasteiger partial charge in [-0.25, -0.2) is 4.99 Å². The third-order valence-corrected chi connectivity index (χ3v) is 6.33. The Kier molecular flexibility index (Phi) is 8.06. The maximum atomic E-state index is 12.5. The van der Waals surface area contributed by atoms with Gasteiger partial charge in [-0.15, -0.1) is 0 Å². The Bertz CT molecular complexity index is 1260. The number of carbonyl (C=O) groups is 1. The second kappa shape index (κ2) is 11.2. The largest absolute Gasteiger partial charge is 0.490 e. The summed E-state index contributed by atoms with van der Waals surface area (Å²) in [5.74, 6) is 0.693. The van der Waals surface area contributed by atoms with Crippen molar-refractivity contribution in [1.29, 1.82) is 0 Å². The van der Waals surface area contributed by atoms with Crippen LogP contribution in [-0.2, 0) is 11.4 Å². The average Bonchev–Trinajstić information content (AvgIpc) is 3.14. The molecule has 34 heavy (non-hydrogen) atoms. The Balaban J connectivity index is 1.54. The van der Waals surface area contributed by atoms with Crippen LogP contribution in [0.3, 0.4) is 0 Å². The van der Waals surface area contributed by atoms with E-state index in [2.05, 4.69) is 10.3 Å². The summed E-state index contributed by atoms with van der Waals surface area (Å²) in [7, 11) is 0. The van der Waals surface area contributed by atoms with Crippen molar-refractivity contribution in [3.63, 3.8) is 0 Å². The minimum atomic E-state index is -0.241. The quantitative estimate of drug-likeness (QED) is 0.319. The minimum absolute atomic E-state index is 0.241. The van der Waals surface area contributed by atoms with Crippen molar-refractivity contribution in [1.82, 2.24) is 5.32 Å². The first-order chi connectivity index (χ1) is 16.4. The lowest BCUT2D eigenvalue weighted by Crippen LogP contribution is -2.19. The first-order valence-corrected chi connectivity index (χ1v) is 12.2. The molecular weight excluding hydrogens is 515 g/mol. The molecule has 3 aromatic carbocycles. The van der Waals surface area contributed by atoms with E-state index in [0.29, 0.717) is 61.1 Å². The number of rotatable bonds is 7. The molecule has 9 heteroatoms. The van der Waals surface area contributed by atoms with Gasteiger partial charge in [0.25, 0.3) is 5.91 Å². The molecule has 0 saturated carbocycles. The predicted molar refractivity (Wildman–Crippen MR) is 141 cm³/mol. The Morgan fingerprint density at radius 3 is 2.32 bits per heavy atom. The monoisotopic (exact) mass is 532 g/mol. The van der Waals surface area contributed by atoms with Crippen molar-refractivity contribution in [2.45, 2.75) is 13.5 Å². The number of carbonyl (C=O) groups excluding carboxylic acids is 1. The molecule has 0 aromatic heterocycles. The van der Waals surface area contributed by atoms with Crippen molar-refractivity contribution >= 4 is 69.4 Å². The molecule has 0 spiro atoms. The summed E-state index contributed by atoms with van der Waals surface area (Å²) in [5.41, 5.74) is 2.34. The van der Waals surface area contributed by atoms with Gasteiger partial charge in [-0.1, -0.05) is 46.9 Å². The molecule has 0 radical (unpaired) electrons. The van der Waals surface area contributed by atoms with E-state index in [1.807, 2.05) is 19.1 Å². The second-order valence-electron chi connectivity index (χ2n) is 7.14. The molecule has 0 unspecified atom stereocenters. The zero-order valence-electron chi connectivity index (χ0n) is 18.0. The van der Waals surface area contributed by atoms with Crippen molar-refractivity contribution in [2.24, 2.45) is 4.99 Å². The Morgan fingerprint density at radius 1 is 0.971 bits per heavy atom. The van der Waals surface area contributed by atoms with Gasteiger partial charge in [0.15, 0.2) is 16.7 Å². The molecule has 3 aromatic rings. The van der Waals surface area contributed by atoms with Gasteiger partial charge in [-0.3, -0.25) is 4.79 Å². The van der Waals surface area contributed by atoms with Crippen molar-refractivity contribution < 1.29 is 14.3 Å². The number of nitrogens with zero attached hydrogens (tertiary/aromatic N) is 1. The normalized spacial score (nSPS) is 15.6. The molecule has 1 saturated heterocycles. The van der Waals surface area contributed by atoms with Gasteiger partial charge >= 0.3 is 0 Å². The molecule has 0 aliphatic carbocycles. The number of thioether (sulfide) groups is 1. The third kappa shape index (κ3) is 6.27. The van der Waals surface area contributed by atoms with E-state index < -0.39 is 0 Å². The summed E-state index contributed by atoms with van der Waals surface area (Å²) in [5, 5.41) is 4.91. The number of nitrogens with one attached hydrogen (secondary N) is 1. The summed E-state index contributed by atoms with van der Waals surface area (Å²) >= 11 is 19.6. The number of halogens is 3. The molecule has 0 bridgehead atoms. The van der Waals surface area contributed by atoms with Crippen LogP contribution in [-0.4, -0.2) is 17.7 Å². The van der Waals surface area contributed by atoms with Crippen LogP contribution in [0.2, 0.25) is 15.1 Å². The second-order valence-corrected chi connectivity index (χ2v) is 9.45. The van der Waals surface area contributed by atoms with E-state index in [1.165, 1.54) is 11.8 Å². The summed E-state index contributed by atoms with van der Waals surface area (Å²) in [4.78, 5) is 17.4. The third-order valence-electron chi connectivity index (χ3n) is 4.63. The van der Waals surface area contributed by atoms with Crippen LogP contribution in [0, 0.1) is 0 Å². The molecule has 1 aliphatic rings. The summed E-state index contributed by atoms with van der Waals surface area (Å²) < 4.78 is 11.7. The van der Waals surface area contributed by atoms with E-state index in [4.69, 9.17) is 44.3 Å². The topological polar surface area (TPSA) is 59.9 Å². The fraction of sp³-hybridized carbons (Fsp3) is 0.120. The number of amidine groups is 1. The van der Waals surface area contributed by atoms with Gasteiger partial charge in [-0.05, 0) is 84.4 Å². The van der Waals surface area contributed by atoms with Crippen LogP contribution in [0.25, 0.3) is 6.08 Å². The van der Waals surface area contributed by atoms with Crippen LogP contribution < -0.4 is 14.8 Å². The fourth-order valence-electron chi connectivity index (χ4n) is 3.08. The molecule has 1 amide bonds. The predicted octanol–water partition coefficient (Wildman–Crippen LogP) is 7.52. The molecular formula is C25H19Cl3N2O3S. The number of ether oxygens (including phenoxy) is 2. The molecule has 1 N–H and O–H groups in total. The standard InChI is InChI=1S/C25H19Cl3N2O3S/c1-2-32-21-12-16(11-20(28)23(21)33-14-15-3-5-17(26)6-4-15)13-22-24(31)30-25(34-22)29-19-9-7-18(27)8-10-19/h3-13H,2,14H2,1H3,(H,29,30,31)/b22-13-. The molecule has 1 fully saturated rings. The SMILES string of the molecule is CCOc1cc(/C=C2\SC(=Nc3ccc(Cl)cc3)NC2=O)cc(Cl)c1OCc1ccc(Cl)cc1. The van der Waals surface area contributed by atoms with E-state index in [0.717, 1.165) is 5.56 Å². The summed E-state index contributed by atoms with van der Waals surface area (Å²) in [6.45, 7) is 2.61. The molecule has 1 aliphatic heterocycles. The lowest BCUT2D eigenvalue weighted by atomic mass is 10.1. The highest BCUT2D eigenvalue weighted by atomic mass is 35.5. The van der Waals surface area contributed by atoms with Crippen molar-refractivity contribution in [3.8, 4) is 11.5 Å². The minimum Gasteiger partial charge on any atom is -0.490 e. The van der Waals surface area contributed by atoms with E-state index in [-0.39, 0.29) is 5.91 Å². The van der Waals surface area contributed by atoms with Crippen LogP contribution >= 0.6 is 46.6 Å².